The Hall–Kier alpha value is -4.17. The fraction of sp³-hybridized carbons (Fsp3) is 0.344. The molecule has 0 spiro atoms. The summed E-state index contributed by atoms with van der Waals surface area (Å²) in [4.78, 5) is 39.5. The van der Waals surface area contributed by atoms with Crippen molar-refractivity contribution >= 4 is 18.0 Å². The number of carbonyl (C=O) groups is 3. The number of fused-ring (bicyclic) bond motifs is 3. The van der Waals surface area contributed by atoms with Gasteiger partial charge in [0.15, 0.2) is 0 Å². The van der Waals surface area contributed by atoms with E-state index in [1.165, 1.54) is 4.90 Å². The van der Waals surface area contributed by atoms with Gasteiger partial charge in [-0.1, -0.05) is 78.9 Å². The van der Waals surface area contributed by atoms with Crippen molar-refractivity contribution in [2.45, 2.75) is 51.3 Å². The minimum Gasteiger partial charge on any atom is -0.481 e. The number of alkyl carbamates (subject to hydrolysis) is 1. The zero-order valence-corrected chi connectivity index (χ0v) is 23.1. The SMILES string of the molecule is CC(C)(C)OC[C@H](NC(=O)OCC1c2ccccc2-c2ccccc21)C(=O)N(CCC(=O)O)Cc1ccccc1. The molecular formula is C32H36N2O6. The molecule has 0 saturated heterocycles. The number of amides is 2. The third-order valence-electron chi connectivity index (χ3n) is 6.74. The Bertz CT molecular complexity index is 1290. The molecule has 2 N–H and O–H groups in total. The summed E-state index contributed by atoms with van der Waals surface area (Å²) in [7, 11) is 0. The Balaban J connectivity index is 1.48. The van der Waals surface area contributed by atoms with Gasteiger partial charge in [-0.15, -0.1) is 0 Å². The molecule has 2 amide bonds. The van der Waals surface area contributed by atoms with Gasteiger partial charge in [0.2, 0.25) is 5.91 Å². The van der Waals surface area contributed by atoms with Crippen LogP contribution in [-0.4, -0.2) is 59.4 Å². The molecule has 210 valence electrons. The summed E-state index contributed by atoms with van der Waals surface area (Å²) in [5, 5.41) is 12.0. The van der Waals surface area contributed by atoms with Gasteiger partial charge >= 0.3 is 12.1 Å². The minimum absolute atomic E-state index is 0.0125. The second kappa shape index (κ2) is 12.8. The number of hydrogen-bond donors (Lipinski definition) is 2. The molecule has 40 heavy (non-hydrogen) atoms. The van der Waals surface area contributed by atoms with Crippen molar-refractivity contribution < 1.29 is 29.0 Å². The molecule has 0 unspecified atom stereocenters. The second-order valence-electron chi connectivity index (χ2n) is 10.8. The number of aliphatic carboxylic acids is 1. The molecule has 1 atom stereocenters. The monoisotopic (exact) mass is 544 g/mol. The largest absolute Gasteiger partial charge is 0.481 e. The third kappa shape index (κ3) is 7.48. The van der Waals surface area contributed by atoms with Crippen LogP contribution < -0.4 is 5.32 Å². The van der Waals surface area contributed by atoms with Gasteiger partial charge in [-0.2, -0.15) is 0 Å². The standard InChI is InChI=1S/C32H36N2O6/c1-32(2,3)40-21-28(30(37)34(18-17-29(35)36)19-22-11-5-4-6-12-22)33-31(38)39-20-27-25-15-9-7-13-23(25)24-14-8-10-16-26(24)27/h4-16,27-28H,17-21H2,1-3H3,(H,33,38)(H,35,36)/t28-/m0/s1. The van der Waals surface area contributed by atoms with Gasteiger partial charge in [-0.3, -0.25) is 9.59 Å². The number of carboxylic acids is 1. The van der Waals surface area contributed by atoms with Gasteiger partial charge in [0.25, 0.3) is 0 Å². The minimum atomic E-state index is -1.06. The fourth-order valence-corrected chi connectivity index (χ4v) is 4.81. The molecule has 1 aliphatic carbocycles. The number of rotatable bonds is 11. The van der Waals surface area contributed by atoms with Crippen LogP contribution in [0.2, 0.25) is 0 Å². The molecule has 1 aliphatic rings. The summed E-state index contributed by atoms with van der Waals surface area (Å²) in [5.74, 6) is -1.58. The highest BCUT2D eigenvalue weighted by Crippen LogP contribution is 2.44. The normalized spacial score (nSPS) is 13.2. The van der Waals surface area contributed by atoms with Crippen LogP contribution in [0.15, 0.2) is 78.9 Å². The van der Waals surface area contributed by atoms with Gasteiger partial charge in [0, 0.05) is 19.0 Å². The van der Waals surface area contributed by atoms with Crippen LogP contribution in [-0.2, 0) is 25.6 Å². The van der Waals surface area contributed by atoms with Crippen molar-refractivity contribution in [2.24, 2.45) is 0 Å². The third-order valence-corrected chi connectivity index (χ3v) is 6.74. The first-order valence-electron chi connectivity index (χ1n) is 13.4. The summed E-state index contributed by atoms with van der Waals surface area (Å²) in [5.41, 5.74) is 4.69. The van der Waals surface area contributed by atoms with E-state index in [1.807, 2.05) is 87.5 Å². The van der Waals surface area contributed by atoms with E-state index >= 15 is 0 Å². The van der Waals surface area contributed by atoms with Gasteiger partial charge in [0.05, 0.1) is 18.6 Å². The van der Waals surface area contributed by atoms with Crippen LogP contribution >= 0.6 is 0 Å². The molecule has 3 aromatic carbocycles. The summed E-state index contributed by atoms with van der Waals surface area (Å²) >= 11 is 0. The van der Waals surface area contributed by atoms with E-state index in [-0.39, 0.29) is 38.6 Å². The Morgan fingerprint density at radius 2 is 1.48 bits per heavy atom. The van der Waals surface area contributed by atoms with Crippen LogP contribution in [0.25, 0.3) is 11.1 Å². The number of carbonyl (C=O) groups excluding carboxylic acids is 2. The van der Waals surface area contributed by atoms with Crippen molar-refractivity contribution in [3.8, 4) is 11.1 Å². The van der Waals surface area contributed by atoms with Gasteiger partial charge in [-0.25, -0.2) is 4.79 Å². The first kappa shape index (κ1) is 28.8. The molecular weight excluding hydrogens is 508 g/mol. The van der Waals surface area contributed by atoms with Crippen molar-refractivity contribution in [1.29, 1.82) is 0 Å². The molecule has 8 heteroatoms. The maximum absolute atomic E-state index is 13.7. The van der Waals surface area contributed by atoms with Crippen molar-refractivity contribution in [2.75, 3.05) is 19.8 Å². The number of ether oxygens (including phenoxy) is 2. The van der Waals surface area contributed by atoms with E-state index in [0.29, 0.717) is 0 Å². The smallest absolute Gasteiger partial charge is 0.407 e. The maximum Gasteiger partial charge on any atom is 0.407 e. The lowest BCUT2D eigenvalue weighted by Gasteiger charge is -2.30. The topological polar surface area (TPSA) is 105 Å². The number of nitrogens with zero attached hydrogens (tertiary/aromatic N) is 1. The van der Waals surface area contributed by atoms with E-state index in [2.05, 4.69) is 17.4 Å². The molecule has 0 aliphatic heterocycles. The molecule has 0 bridgehead atoms. The predicted molar refractivity (Wildman–Crippen MR) is 152 cm³/mol. The molecule has 4 rings (SSSR count). The highest BCUT2D eigenvalue weighted by Gasteiger charge is 2.32. The lowest BCUT2D eigenvalue weighted by atomic mass is 9.98. The average molecular weight is 545 g/mol. The van der Waals surface area contributed by atoms with Gasteiger partial charge < -0.3 is 24.8 Å². The van der Waals surface area contributed by atoms with Gasteiger partial charge in [-0.05, 0) is 48.6 Å². The lowest BCUT2D eigenvalue weighted by Crippen LogP contribution is -2.52. The van der Waals surface area contributed by atoms with Crippen LogP contribution in [0.1, 0.15) is 49.8 Å². The summed E-state index contributed by atoms with van der Waals surface area (Å²) in [6.45, 7) is 5.77. The Morgan fingerprint density at radius 3 is 2.05 bits per heavy atom. The van der Waals surface area contributed by atoms with Crippen molar-refractivity contribution in [1.82, 2.24) is 10.2 Å². The number of nitrogens with one attached hydrogen (secondary N) is 1. The Morgan fingerprint density at radius 1 is 0.900 bits per heavy atom. The molecule has 0 fully saturated rings. The fourth-order valence-electron chi connectivity index (χ4n) is 4.81. The molecule has 0 radical (unpaired) electrons. The van der Waals surface area contributed by atoms with Crippen molar-refractivity contribution in [3.05, 3.63) is 95.6 Å². The number of carboxylic acid groups (broad SMARTS) is 1. The summed E-state index contributed by atoms with van der Waals surface area (Å²) in [6, 6.07) is 24.3. The Kier molecular flexibility index (Phi) is 9.22. The Labute approximate surface area is 234 Å². The van der Waals surface area contributed by atoms with E-state index in [4.69, 9.17) is 9.47 Å². The van der Waals surface area contributed by atoms with E-state index in [1.54, 1.807) is 0 Å². The van der Waals surface area contributed by atoms with E-state index < -0.39 is 29.6 Å². The first-order valence-corrected chi connectivity index (χ1v) is 13.4. The molecule has 0 saturated carbocycles. The quantitative estimate of drug-likeness (QED) is 0.343. The van der Waals surface area contributed by atoms with E-state index in [0.717, 1.165) is 27.8 Å². The molecule has 0 aromatic heterocycles. The van der Waals surface area contributed by atoms with Crippen LogP contribution in [0.5, 0.6) is 0 Å². The highest BCUT2D eigenvalue weighted by molar-refractivity contribution is 5.86. The molecule has 3 aromatic rings. The first-order chi connectivity index (χ1) is 19.1. The maximum atomic E-state index is 13.7. The van der Waals surface area contributed by atoms with Crippen LogP contribution in [0.4, 0.5) is 4.79 Å². The summed E-state index contributed by atoms with van der Waals surface area (Å²) < 4.78 is 11.6. The molecule has 8 nitrogen and oxygen atoms in total. The second-order valence-corrected chi connectivity index (χ2v) is 10.8. The number of benzene rings is 3. The molecule has 0 heterocycles. The zero-order chi connectivity index (χ0) is 28.7. The highest BCUT2D eigenvalue weighted by atomic mass is 16.5. The average Bonchev–Trinajstić information content (AvgIpc) is 3.25. The number of hydrogen-bond acceptors (Lipinski definition) is 5. The zero-order valence-electron chi connectivity index (χ0n) is 23.1. The van der Waals surface area contributed by atoms with Crippen molar-refractivity contribution in [3.63, 3.8) is 0 Å². The van der Waals surface area contributed by atoms with Crippen LogP contribution in [0.3, 0.4) is 0 Å². The summed E-state index contributed by atoms with van der Waals surface area (Å²) in [6.07, 6.45) is -0.966. The lowest BCUT2D eigenvalue weighted by molar-refractivity contribution is -0.140. The van der Waals surface area contributed by atoms with Gasteiger partial charge in [0.1, 0.15) is 12.6 Å². The predicted octanol–water partition coefficient (Wildman–Crippen LogP) is 5.21. The van der Waals surface area contributed by atoms with Crippen LogP contribution in [0, 0.1) is 0 Å². The van der Waals surface area contributed by atoms with E-state index in [9.17, 15) is 19.5 Å².